The van der Waals surface area contributed by atoms with Gasteiger partial charge in [-0.2, -0.15) is 0 Å². The van der Waals surface area contributed by atoms with Gasteiger partial charge in [-0.1, -0.05) is 20.8 Å². The summed E-state index contributed by atoms with van der Waals surface area (Å²) < 4.78 is 0. The summed E-state index contributed by atoms with van der Waals surface area (Å²) in [6.07, 6.45) is 3.10. The molecule has 0 rings (SSSR count). The summed E-state index contributed by atoms with van der Waals surface area (Å²) in [5, 5.41) is 0. The van der Waals surface area contributed by atoms with Crippen LogP contribution in [-0.4, -0.2) is 29.3 Å². The Morgan fingerprint density at radius 1 is 1.50 bits per heavy atom. The maximum absolute atomic E-state index is 10.3. The van der Waals surface area contributed by atoms with E-state index in [1.54, 1.807) is 0 Å². The first kappa shape index (κ1) is 13.1. The molecular formula is C8H18MgO. The topological polar surface area (TPSA) is 17.1 Å². The van der Waals surface area contributed by atoms with Crippen molar-refractivity contribution >= 4 is 29.3 Å². The summed E-state index contributed by atoms with van der Waals surface area (Å²) in [5.74, 6) is 0.949. The van der Waals surface area contributed by atoms with Gasteiger partial charge in [0.1, 0.15) is 6.29 Å². The zero-order valence-electron chi connectivity index (χ0n) is 9.26. The summed E-state index contributed by atoms with van der Waals surface area (Å²) in [6.45, 7) is 6.35. The van der Waals surface area contributed by atoms with Crippen LogP contribution in [-0.2, 0) is 4.79 Å². The van der Waals surface area contributed by atoms with Crippen molar-refractivity contribution in [3.8, 4) is 0 Å². The predicted molar refractivity (Wildman–Crippen MR) is 47.3 cm³/mol. The molecule has 1 nitrogen and oxygen atoms in total. The normalized spacial score (nSPS) is 12.4. The summed E-state index contributed by atoms with van der Waals surface area (Å²) in [4.78, 5) is 10.3. The molecule has 0 saturated carbocycles. The van der Waals surface area contributed by atoms with E-state index in [2.05, 4.69) is 20.8 Å². The van der Waals surface area contributed by atoms with Gasteiger partial charge in [-0.25, -0.2) is 0 Å². The second kappa shape index (κ2) is 7.54. The first-order valence-electron chi connectivity index (χ1n) is 3.66. The van der Waals surface area contributed by atoms with Crippen LogP contribution in [0.4, 0.5) is 0 Å². The van der Waals surface area contributed by atoms with Crippen molar-refractivity contribution in [2.45, 2.75) is 33.6 Å². The van der Waals surface area contributed by atoms with Gasteiger partial charge < -0.3 is 7.65 Å². The van der Waals surface area contributed by atoms with Gasteiger partial charge in [0.15, 0.2) is 0 Å². The maximum atomic E-state index is 10.3. The van der Waals surface area contributed by atoms with Crippen LogP contribution in [0.15, 0.2) is 0 Å². The Morgan fingerprint density at radius 3 is 2.10 bits per heavy atom. The molecule has 0 bridgehead atoms. The predicted octanol–water partition coefficient (Wildman–Crippen LogP) is 2.10. The molecule has 1 atom stereocenters. The van der Waals surface area contributed by atoms with E-state index in [-0.39, 0.29) is 25.9 Å². The Morgan fingerprint density at radius 2 is 2.00 bits per heavy atom. The zero-order chi connectivity index (χ0) is 7.28. The molecule has 0 aliphatic carbocycles. The van der Waals surface area contributed by atoms with Crippen molar-refractivity contribution in [3.05, 3.63) is 0 Å². The molecule has 0 fully saturated rings. The molecule has 0 spiro atoms. The first-order chi connectivity index (χ1) is 4.20. The van der Waals surface area contributed by atoms with Crippen LogP contribution in [0.1, 0.15) is 36.5 Å². The van der Waals surface area contributed by atoms with Crippen LogP contribution in [0.3, 0.4) is 0 Å². The van der Waals surface area contributed by atoms with Crippen LogP contribution in [0, 0.1) is 11.8 Å². The number of aldehydes is 1. The third kappa shape index (κ3) is 6.55. The SMILES string of the molecule is CCC(C=O)CC(C)C.[H-].[H-].[Mg+2]. The molecule has 0 aromatic heterocycles. The average molecular weight is 155 g/mol. The Kier molecular flexibility index (Phi) is 9.85. The third-order valence-electron chi connectivity index (χ3n) is 1.49. The molecule has 10 heavy (non-hydrogen) atoms. The monoisotopic (exact) mass is 154 g/mol. The molecule has 58 valence electrons. The Bertz CT molecular complexity index is 89.1. The van der Waals surface area contributed by atoms with E-state index in [0.717, 1.165) is 19.1 Å². The van der Waals surface area contributed by atoms with Crippen molar-refractivity contribution in [2.75, 3.05) is 0 Å². The fourth-order valence-electron chi connectivity index (χ4n) is 0.924. The minimum atomic E-state index is 0. The molecule has 0 N–H and O–H groups in total. The number of hydrogen-bond donors (Lipinski definition) is 0. The Hall–Kier alpha value is 0.436. The van der Waals surface area contributed by atoms with Crippen LogP contribution in [0.2, 0.25) is 0 Å². The summed E-state index contributed by atoms with van der Waals surface area (Å²) in [5.41, 5.74) is 0. The second-order valence-electron chi connectivity index (χ2n) is 2.93. The molecule has 0 heterocycles. The number of rotatable bonds is 4. The van der Waals surface area contributed by atoms with Crippen molar-refractivity contribution in [2.24, 2.45) is 11.8 Å². The van der Waals surface area contributed by atoms with Gasteiger partial charge in [-0.3, -0.25) is 0 Å². The van der Waals surface area contributed by atoms with Crippen molar-refractivity contribution < 1.29 is 7.65 Å². The second-order valence-corrected chi connectivity index (χ2v) is 2.93. The molecule has 0 aromatic rings. The van der Waals surface area contributed by atoms with Gasteiger partial charge in [0.2, 0.25) is 0 Å². The van der Waals surface area contributed by atoms with Crippen molar-refractivity contribution in [1.82, 2.24) is 0 Å². The van der Waals surface area contributed by atoms with E-state index in [1.807, 2.05) is 0 Å². The van der Waals surface area contributed by atoms with Gasteiger partial charge >= 0.3 is 23.1 Å². The van der Waals surface area contributed by atoms with E-state index < -0.39 is 0 Å². The summed E-state index contributed by atoms with van der Waals surface area (Å²) in [6, 6.07) is 0. The maximum Gasteiger partial charge on any atom is 2.00 e. The average Bonchev–Trinajstić information content (AvgIpc) is 1.82. The van der Waals surface area contributed by atoms with Crippen LogP contribution in [0.5, 0.6) is 0 Å². The van der Waals surface area contributed by atoms with Gasteiger partial charge in [0.25, 0.3) is 0 Å². The summed E-state index contributed by atoms with van der Waals surface area (Å²) in [7, 11) is 0. The van der Waals surface area contributed by atoms with Gasteiger partial charge in [-0.15, -0.1) is 0 Å². The Balaban J connectivity index is -0.000000107. The number of hydrogen-bond acceptors (Lipinski definition) is 1. The van der Waals surface area contributed by atoms with Crippen LogP contribution in [0.25, 0.3) is 0 Å². The number of carbonyl (C=O) groups excluding carboxylic acids is 1. The molecule has 1 unspecified atom stereocenters. The van der Waals surface area contributed by atoms with E-state index in [9.17, 15) is 4.79 Å². The summed E-state index contributed by atoms with van der Waals surface area (Å²) >= 11 is 0. The van der Waals surface area contributed by atoms with E-state index in [1.165, 1.54) is 0 Å². The van der Waals surface area contributed by atoms with Crippen molar-refractivity contribution in [3.63, 3.8) is 0 Å². The minimum Gasteiger partial charge on any atom is -1.00 e. The number of carbonyl (C=O) groups is 1. The fourth-order valence-corrected chi connectivity index (χ4v) is 0.924. The standard InChI is InChI=1S/C8H16O.Mg.2H/c1-4-8(6-9)5-7(2)3;;;/h6-8H,4-5H2,1-3H3;;;/q;+2;2*-1. The molecule has 0 radical (unpaired) electrons. The quantitative estimate of drug-likeness (QED) is 0.448. The molecule has 0 aliphatic rings. The van der Waals surface area contributed by atoms with E-state index >= 15 is 0 Å². The van der Waals surface area contributed by atoms with Crippen molar-refractivity contribution in [1.29, 1.82) is 0 Å². The smallest absolute Gasteiger partial charge is 1.00 e. The van der Waals surface area contributed by atoms with Gasteiger partial charge in [0, 0.05) is 5.92 Å². The molecular weight excluding hydrogens is 136 g/mol. The first-order valence-corrected chi connectivity index (χ1v) is 3.66. The zero-order valence-corrected chi connectivity index (χ0v) is 8.68. The largest absolute Gasteiger partial charge is 2.00 e. The molecule has 0 saturated heterocycles. The van der Waals surface area contributed by atoms with Crippen LogP contribution < -0.4 is 0 Å². The third-order valence-corrected chi connectivity index (χ3v) is 1.49. The van der Waals surface area contributed by atoms with E-state index in [0.29, 0.717) is 11.8 Å². The van der Waals surface area contributed by atoms with Gasteiger partial charge in [-0.05, 0) is 18.8 Å². The van der Waals surface area contributed by atoms with Gasteiger partial charge in [0.05, 0.1) is 0 Å². The van der Waals surface area contributed by atoms with Crippen LogP contribution >= 0.6 is 0 Å². The van der Waals surface area contributed by atoms with E-state index in [4.69, 9.17) is 0 Å². The Labute approximate surface area is 82.7 Å². The fraction of sp³-hybridized carbons (Fsp3) is 0.875. The molecule has 0 aliphatic heterocycles. The molecule has 0 amide bonds. The minimum absolute atomic E-state index is 0. The molecule has 2 heteroatoms. The molecule has 0 aromatic carbocycles.